The molecule has 0 aliphatic carbocycles. The summed E-state index contributed by atoms with van der Waals surface area (Å²) in [6.07, 6.45) is 0. The van der Waals surface area contributed by atoms with Gasteiger partial charge in [-0.1, -0.05) is 23.7 Å². The maximum Gasteiger partial charge on any atom is 0.254 e. The second-order valence-corrected chi connectivity index (χ2v) is 5.88. The molecule has 21 heavy (non-hydrogen) atoms. The smallest absolute Gasteiger partial charge is 0.254 e. The molecule has 106 valence electrons. The predicted molar refractivity (Wildman–Crippen MR) is 88.2 cm³/mol. The van der Waals surface area contributed by atoms with E-state index in [0.29, 0.717) is 22.4 Å². The number of ether oxygens (including phenoxy) is 1. The summed E-state index contributed by atoms with van der Waals surface area (Å²) in [5.74, 6) is 1.55. The van der Waals surface area contributed by atoms with Gasteiger partial charge in [-0.05, 0) is 59.0 Å². The summed E-state index contributed by atoms with van der Waals surface area (Å²) in [7, 11) is 0. The molecule has 0 atom stereocenters. The van der Waals surface area contributed by atoms with Crippen LogP contribution in [0.4, 0.5) is 0 Å². The summed E-state index contributed by atoms with van der Waals surface area (Å²) < 4.78 is 12.3. The van der Waals surface area contributed by atoms with Crippen molar-refractivity contribution < 1.29 is 9.15 Å². The van der Waals surface area contributed by atoms with Crippen molar-refractivity contribution in [3.63, 3.8) is 0 Å². The van der Waals surface area contributed by atoms with Crippen LogP contribution in [0.15, 0.2) is 52.9 Å². The van der Waals surface area contributed by atoms with Crippen LogP contribution >= 0.6 is 34.2 Å². The average molecular weight is 413 g/mol. The Bertz CT molecular complexity index is 743. The molecule has 0 saturated heterocycles. The van der Waals surface area contributed by atoms with Gasteiger partial charge in [0.05, 0.1) is 10.6 Å². The molecule has 4 nitrogen and oxygen atoms in total. The first-order valence-electron chi connectivity index (χ1n) is 6.18. The fourth-order valence-electron chi connectivity index (χ4n) is 1.73. The quantitative estimate of drug-likeness (QED) is 0.589. The van der Waals surface area contributed by atoms with E-state index in [1.165, 1.54) is 0 Å². The van der Waals surface area contributed by atoms with Gasteiger partial charge in [-0.15, -0.1) is 10.2 Å². The normalized spacial score (nSPS) is 10.6. The summed E-state index contributed by atoms with van der Waals surface area (Å²) in [6, 6.07) is 15.1. The standard InChI is InChI=1S/C15H10ClIN2O2/c16-13-4-2-1-3-12(13)15-19-18-14(21-15)9-20-11-7-5-10(17)6-8-11/h1-8H,9H2. The maximum absolute atomic E-state index is 6.10. The van der Waals surface area contributed by atoms with Crippen LogP contribution in [0, 0.1) is 3.57 Å². The molecule has 0 N–H and O–H groups in total. The molecule has 6 heteroatoms. The van der Waals surface area contributed by atoms with Crippen molar-refractivity contribution in [3.8, 4) is 17.2 Å². The highest BCUT2D eigenvalue weighted by Crippen LogP contribution is 2.26. The Morgan fingerprint density at radius 2 is 1.81 bits per heavy atom. The topological polar surface area (TPSA) is 48.2 Å². The van der Waals surface area contributed by atoms with Gasteiger partial charge in [-0.3, -0.25) is 0 Å². The van der Waals surface area contributed by atoms with Gasteiger partial charge in [-0.2, -0.15) is 0 Å². The Morgan fingerprint density at radius 1 is 1.05 bits per heavy atom. The average Bonchev–Trinajstić information content (AvgIpc) is 2.96. The Hall–Kier alpha value is -1.60. The Morgan fingerprint density at radius 3 is 2.57 bits per heavy atom. The zero-order valence-corrected chi connectivity index (χ0v) is 13.7. The lowest BCUT2D eigenvalue weighted by molar-refractivity contribution is 0.264. The van der Waals surface area contributed by atoms with Crippen LogP contribution < -0.4 is 4.74 Å². The van der Waals surface area contributed by atoms with Gasteiger partial charge in [0.2, 0.25) is 5.89 Å². The lowest BCUT2D eigenvalue weighted by Crippen LogP contribution is -1.95. The van der Waals surface area contributed by atoms with E-state index in [1.54, 1.807) is 6.07 Å². The summed E-state index contributed by atoms with van der Waals surface area (Å²) in [5.41, 5.74) is 0.715. The van der Waals surface area contributed by atoms with Gasteiger partial charge in [0, 0.05) is 3.57 Å². The fraction of sp³-hybridized carbons (Fsp3) is 0.0667. The number of nitrogens with zero attached hydrogens (tertiary/aromatic N) is 2. The number of aromatic nitrogens is 2. The van der Waals surface area contributed by atoms with Crippen molar-refractivity contribution in [1.82, 2.24) is 10.2 Å². The minimum atomic E-state index is 0.220. The third-order valence-corrected chi connectivity index (χ3v) is 3.80. The second-order valence-electron chi connectivity index (χ2n) is 4.22. The molecule has 0 amide bonds. The third-order valence-electron chi connectivity index (χ3n) is 2.75. The van der Waals surface area contributed by atoms with Crippen molar-refractivity contribution >= 4 is 34.2 Å². The van der Waals surface area contributed by atoms with Gasteiger partial charge in [-0.25, -0.2) is 0 Å². The van der Waals surface area contributed by atoms with Crippen molar-refractivity contribution in [3.05, 3.63) is 63.0 Å². The SMILES string of the molecule is Clc1ccccc1-c1nnc(COc2ccc(I)cc2)o1. The molecule has 0 fully saturated rings. The monoisotopic (exact) mass is 412 g/mol. The second kappa shape index (κ2) is 6.44. The van der Waals surface area contributed by atoms with Crippen molar-refractivity contribution in [2.75, 3.05) is 0 Å². The molecule has 0 spiro atoms. The molecule has 0 aliphatic rings. The van der Waals surface area contributed by atoms with Crippen molar-refractivity contribution in [2.24, 2.45) is 0 Å². The van der Waals surface area contributed by atoms with E-state index < -0.39 is 0 Å². The van der Waals surface area contributed by atoms with Gasteiger partial charge >= 0.3 is 0 Å². The van der Waals surface area contributed by atoms with Crippen LogP contribution in [0.25, 0.3) is 11.5 Å². The highest BCUT2D eigenvalue weighted by Gasteiger charge is 2.11. The van der Waals surface area contributed by atoms with Crippen molar-refractivity contribution in [2.45, 2.75) is 6.61 Å². The Kier molecular flexibility index (Phi) is 4.40. The minimum absolute atomic E-state index is 0.220. The number of benzene rings is 2. The molecule has 0 bridgehead atoms. The highest BCUT2D eigenvalue weighted by molar-refractivity contribution is 14.1. The van der Waals surface area contributed by atoms with Crippen LogP contribution in [0.1, 0.15) is 5.89 Å². The molecule has 3 rings (SSSR count). The first-order chi connectivity index (χ1) is 10.2. The van der Waals surface area contributed by atoms with Gasteiger partial charge in [0.1, 0.15) is 5.75 Å². The van der Waals surface area contributed by atoms with E-state index in [9.17, 15) is 0 Å². The molecule has 2 aromatic carbocycles. The number of halogens is 2. The van der Waals surface area contributed by atoms with E-state index >= 15 is 0 Å². The molecule has 0 saturated carbocycles. The Labute approximate surface area is 140 Å². The molecule has 0 unspecified atom stereocenters. The number of hydrogen-bond acceptors (Lipinski definition) is 4. The fourth-order valence-corrected chi connectivity index (χ4v) is 2.31. The summed E-state index contributed by atoms with van der Waals surface area (Å²) in [4.78, 5) is 0. The van der Waals surface area contributed by atoms with Crippen LogP contribution in [0.5, 0.6) is 5.75 Å². The first-order valence-corrected chi connectivity index (χ1v) is 7.64. The summed E-state index contributed by atoms with van der Waals surface area (Å²) in [5, 5.41) is 8.53. The van der Waals surface area contributed by atoms with E-state index in [0.717, 1.165) is 9.32 Å². The molecule has 0 radical (unpaired) electrons. The lowest BCUT2D eigenvalue weighted by Gasteiger charge is -2.02. The van der Waals surface area contributed by atoms with Crippen LogP contribution in [0.2, 0.25) is 5.02 Å². The zero-order valence-electron chi connectivity index (χ0n) is 10.8. The predicted octanol–water partition coefficient (Wildman–Crippen LogP) is 4.57. The van der Waals surface area contributed by atoms with Gasteiger partial charge < -0.3 is 9.15 Å². The maximum atomic E-state index is 6.10. The van der Waals surface area contributed by atoms with Crippen molar-refractivity contribution in [1.29, 1.82) is 0 Å². The van der Waals surface area contributed by atoms with E-state index in [-0.39, 0.29) is 6.61 Å². The van der Waals surface area contributed by atoms with Gasteiger partial charge in [0.15, 0.2) is 6.61 Å². The largest absolute Gasteiger partial charge is 0.484 e. The highest BCUT2D eigenvalue weighted by atomic mass is 127. The van der Waals surface area contributed by atoms with Crippen LogP contribution in [0.3, 0.4) is 0 Å². The van der Waals surface area contributed by atoms with Crippen LogP contribution in [-0.4, -0.2) is 10.2 Å². The zero-order chi connectivity index (χ0) is 14.7. The molecule has 3 aromatic rings. The molecular formula is C15H10ClIN2O2. The summed E-state index contributed by atoms with van der Waals surface area (Å²) in [6.45, 7) is 0.220. The third kappa shape index (κ3) is 3.54. The van der Waals surface area contributed by atoms with Gasteiger partial charge in [0.25, 0.3) is 5.89 Å². The molecule has 1 heterocycles. The number of hydrogen-bond donors (Lipinski definition) is 0. The summed E-state index contributed by atoms with van der Waals surface area (Å²) >= 11 is 8.34. The molecule has 0 aliphatic heterocycles. The number of rotatable bonds is 4. The molecule has 1 aromatic heterocycles. The first kappa shape index (κ1) is 14.3. The minimum Gasteiger partial charge on any atom is -0.484 e. The van der Waals surface area contributed by atoms with Crippen LogP contribution in [-0.2, 0) is 6.61 Å². The Balaban J connectivity index is 1.71. The van der Waals surface area contributed by atoms with E-state index in [1.807, 2.05) is 42.5 Å². The lowest BCUT2D eigenvalue weighted by atomic mass is 10.2. The van der Waals surface area contributed by atoms with E-state index in [4.69, 9.17) is 20.8 Å². The van der Waals surface area contributed by atoms with E-state index in [2.05, 4.69) is 32.8 Å². The molecular weight excluding hydrogens is 403 g/mol.